The number of hydrogen-bond acceptors (Lipinski definition) is 4. The molecule has 3 unspecified atom stereocenters. The number of aromatic amines is 1. The van der Waals surface area contributed by atoms with Crippen LogP contribution in [0.5, 0.6) is 0 Å². The average Bonchev–Trinajstić information content (AvgIpc) is 3.25. The van der Waals surface area contributed by atoms with Gasteiger partial charge in [0, 0.05) is 24.7 Å². The number of nitrogens with one attached hydrogen (secondary N) is 2. The number of morpholine rings is 1. The number of amides is 2. The highest BCUT2D eigenvalue weighted by Crippen LogP contribution is 2.27. The van der Waals surface area contributed by atoms with E-state index in [0.29, 0.717) is 13.1 Å². The molecule has 3 atom stereocenters. The lowest BCUT2D eigenvalue weighted by atomic mass is 9.94. The molecule has 0 saturated carbocycles. The van der Waals surface area contributed by atoms with E-state index in [9.17, 15) is 4.79 Å². The molecule has 6 nitrogen and oxygen atoms in total. The fourth-order valence-electron chi connectivity index (χ4n) is 3.56. The van der Waals surface area contributed by atoms with Crippen molar-refractivity contribution < 1.29 is 9.53 Å². The molecule has 1 fully saturated rings. The van der Waals surface area contributed by atoms with E-state index in [1.165, 1.54) is 5.56 Å². The van der Waals surface area contributed by atoms with Crippen molar-refractivity contribution in [3.05, 3.63) is 39.8 Å². The van der Waals surface area contributed by atoms with Crippen molar-refractivity contribution in [1.29, 1.82) is 0 Å². The van der Waals surface area contributed by atoms with Crippen LogP contribution >= 0.6 is 11.3 Å². The van der Waals surface area contributed by atoms with Gasteiger partial charge in [0.1, 0.15) is 6.10 Å². The minimum absolute atomic E-state index is 0.0124. The van der Waals surface area contributed by atoms with Crippen LogP contribution < -0.4 is 5.32 Å². The van der Waals surface area contributed by atoms with Gasteiger partial charge in [0.15, 0.2) is 0 Å². The number of carbonyl (C=O) groups excluding carboxylic acids is 1. The van der Waals surface area contributed by atoms with Crippen LogP contribution in [0.25, 0.3) is 0 Å². The summed E-state index contributed by atoms with van der Waals surface area (Å²) in [5, 5.41) is 14.5. The molecule has 0 aromatic carbocycles. The maximum Gasteiger partial charge on any atom is 0.317 e. The number of fused-ring (bicyclic) bond motifs is 1. The molecule has 2 aromatic heterocycles. The Morgan fingerprint density at radius 1 is 1.50 bits per heavy atom. The van der Waals surface area contributed by atoms with Crippen molar-refractivity contribution in [3.8, 4) is 0 Å². The van der Waals surface area contributed by atoms with Gasteiger partial charge in [0.2, 0.25) is 0 Å². The summed E-state index contributed by atoms with van der Waals surface area (Å²) in [6, 6.07) is 2.26. The third-order valence-corrected chi connectivity index (χ3v) is 5.51. The largest absolute Gasteiger partial charge is 0.367 e. The standard InChI is InChI=1S/C17H22N4O2S/c1-11-8-21(9-16(23-11)13-4-5-24-10-13)17(22)19-14-3-2-12-7-18-20-15(12)6-14/h4-5,7,10-11,14,16H,2-3,6,8-9H2,1H3,(H,18,20)(H,19,22). The highest BCUT2D eigenvalue weighted by atomic mass is 32.1. The molecule has 4 rings (SSSR count). The average molecular weight is 346 g/mol. The van der Waals surface area contributed by atoms with E-state index in [1.807, 2.05) is 23.4 Å². The molecule has 2 amide bonds. The van der Waals surface area contributed by atoms with Crippen molar-refractivity contribution in [3.63, 3.8) is 0 Å². The second kappa shape index (κ2) is 6.57. The van der Waals surface area contributed by atoms with Gasteiger partial charge < -0.3 is 15.0 Å². The third kappa shape index (κ3) is 3.18. The maximum atomic E-state index is 12.7. The quantitative estimate of drug-likeness (QED) is 0.878. The molecule has 3 heterocycles. The van der Waals surface area contributed by atoms with Crippen LogP contribution in [0.1, 0.15) is 36.3 Å². The van der Waals surface area contributed by atoms with Crippen LogP contribution in [-0.4, -0.2) is 46.4 Å². The van der Waals surface area contributed by atoms with Crippen molar-refractivity contribution in [2.24, 2.45) is 0 Å². The number of thiophene rings is 1. The number of H-pyrrole nitrogens is 1. The first-order valence-corrected chi connectivity index (χ1v) is 9.37. The molecule has 0 bridgehead atoms. The fraction of sp³-hybridized carbons (Fsp3) is 0.529. The van der Waals surface area contributed by atoms with Gasteiger partial charge in [-0.1, -0.05) is 0 Å². The Morgan fingerprint density at radius 3 is 3.25 bits per heavy atom. The molecule has 0 radical (unpaired) electrons. The second-order valence-electron chi connectivity index (χ2n) is 6.66. The normalized spacial score (nSPS) is 26.9. The first kappa shape index (κ1) is 15.7. The lowest BCUT2D eigenvalue weighted by Crippen LogP contribution is -2.52. The predicted molar refractivity (Wildman–Crippen MR) is 92.1 cm³/mol. The van der Waals surface area contributed by atoms with E-state index < -0.39 is 0 Å². The highest BCUT2D eigenvalue weighted by Gasteiger charge is 2.31. The number of carbonyl (C=O) groups is 1. The van der Waals surface area contributed by atoms with Crippen molar-refractivity contribution in [2.45, 2.75) is 44.4 Å². The molecular weight excluding hydrogens is 324 g/mol. The van der Waals surface area contributed by atoms with Gasteiger partial charge in [-0.15, -0.1) is 0 Å². The Kier molecular flexibility index (Phi) is 4.28. The molecule has 2 aromatic rings. The predicted octanol–water partition coefficient (Wildman–Crippen LogP) is 2.50. The number of urea groups is 1. The molecular formula is C17H22N4O2S. The summed E-state index contributed by atoms with van der Waals surface area (Å²) in [7, 11) is 0. The Hall–Kier alpha value is -1.86. The molecule has 128 valence electrons. The Labute approximate surface area is 145 Å². The number of ether oxygens (including phenoxy) is 1. The zero-order valence-electron chi connectivity index (χ0n) is 13.7. The van der Waals surface area contributed by atoms with E-state index in [0.717, 1.165) is 30.5 Å². The molecule has 1 aliphatic carbocycles. The topological polar surface area (TPSA) is 70.2 Å². The third-order valence-electron chi connectivity index (χ3n) is 4.81. The van der Waals surface area contributed by atoms with Crippen LogP contribution in [0.2, 0.25) is 0 Å². The number of aromatic nitrogens is 2. The molecule has 2 aliphatic rings. The smallest absolute Gasteiger partial charge is 0.317 e. The van der Waals surface area contributed by atoms with E-state index in [1.54, 1.807) is 11.3 Å². The Balaban J connectivity index is 1.39. The van der Waals surface area contributed by atoms with E-state index >= 15 is 0 Å². The number of hydrogen-bond donors (Lipinski definition) is 2. The molecule has 1 aliphatic heterocycles. The van der Waals surface area contributed by atoms with Crippen LogP contribution in [-0.2, 0) is 17.6 Å². The number of nitrogens with zero attached hydrogens (tertiary/aromatic N) is 2. The Morgan fingerprint density at radius 2 is 2.42 bits per heavy atom. The number of rotatable bonds is 2. The SMILES string of the molecule is CC1CN(C(=O)NC2CCc3cn[nH]c3C2)CC(c2ccsc2)O1. The molecule has 7 heteroatoms. The summed E-state index contributed by atoms with van der Waals surface area (Å²) in [6.45, 7) is 3.26. The summed E-state index contributed by atoms with van der Waals surface area (Å²) in [4.78, 5) is 14.6. The summed E-state index contributed by atoms with van der Waals surface area (Å²) >= 11 is 1.66. The van der Waals surface area contributed by atoms with Gasteiger partial charge in [-0.25, -0.2) is 4.79 Å². The monoisotopic (exact) mass is 346 g/mol. The lowest BCUT2D eigenvalue weighted by Gasteiger charge is -2.37. The summed E-state index contributed by atoms with van der Waals surface area (Å²) in [5.41, 5.74) is 3.58. The van der Waals surface area contributed by atoms with Crippen molar-refractivity contribution >= 4 is 17.4 Å². The zero-order chi connectivity index (χ0) is 16.5. The first-order valence-electron chi connectivity index (χ1n) is 8.43. The van der Waals surface area contributed by atoms with Gasteiger partial charge in [-0.05, 0) is 47.7 Å². The fourth-order valence-corrected chi connectivity index (χ4v) is 4.26. The van der Waals surface area contributed by atoms with Gasteiger partial charge in [-0.3, -0.25) is 5.10 Å². The van der Waals surface area contributed by atoms with Gasteiger partial charge >= 0.3 is 6.03 Å². The van der Waals surface area contributed by atoms with Crippen LogP contribution in [0, 0.1) is 0 Å². The molecule has 2 N–H and O–H groups in total. The van der Waals surface area contributed by atoms with Crippen LogP contribution in [0.3, 0.4) is 0 Å². The summed E-state index contributed by atoms with van der Waals surface area (Å²) in [5.74, 6) is 0. The number of aryl methyl sites for hydroxylation is 1. The van der Waals surface area contributed by atoms with E-state index in [2.05, 4.69) is 27.0 Å². The van der Waals surface area contributed by atoms with Gasteiger partial charge in [0.25, 0.3) is 0 Å². The maximum absolute atomic E-state index is 12.7. The first-order chi connectivity index (χ1) is 11.7. The minimum Gasteiger partial charge on any atom is -0.367 e. The zero-order valence-corrected chi connectivity index (χ0v) is 14.5. The second-order valence-corrected chi connectivity index (χ2v) is 7.44. The van der Waals surface area contributed by atoms with Crippen LogP contribution in [0.4, 0.5) is 4.79 Å². The van der Waals surface area contributed by atoms with Crippen LogP contribution in [0.15, 0.2) is 23.0 Å². The Bertz CT molecular complexity index is 699. The van der Waals surface area contributed by atoms with Gasteiger partial charge in [0.05, 0.1) is 18.8 Å². The summed E-state index contributed by atoms with van der Waals surface area (Å²) in [6.07, 6.45) is 4.66. The molecule has 24 heavy (non-hydrogen) atoms. The van der Waals surface area contributed by atoms with Crippen molar-refractivity contribution in [2.75, 3.05) is 13.1 Å². The minimum atomic E-state index is -0.0312. The molecule has 1 saturated heterocycles. The highest BCUT2D eigenvalue weighted by molar-refractivity contribution is 7.07. The van der Waals surface area contributed by atoms with Crippen molar-refractivity contribution in [1.82, 2.24) is 20.4 Å². The van der Waals surface area contributed by atoms with E-state index in [4.69, 9.17) is 4.74 Å². The van der Waals surface area contributed by atoms with Gasteiger partial charge in [-0.2, -0.15) is 16.4 Å². The summed E-state index contributed by atoms with van der Waals surface area (Å²) < 4.78 is 6.01. The van der Waals surface area contributed by atoms with E-state index in [-0.39, 0.29) is 24.3 Å². The lowest BCUT2D eigenvalue weighted by molar-refractivity contribution is -0.0657. The molecule has 0 spiro atoms.